The van der Waals surface area contributed by atoms with E-state index in [1.807, 2.05) is 13.8 Å². The van der Waals surface area contributed by atoms with Gasteiger partial charge in [-0.05, 0) is 19.8 Å². The summed E-state index contributed by atoms with van der Waals surface area (Å²) in [5.74, 6) is 0.0428. The Kier molecular flexibility index (Phi) is 5.24. The molecule has 1 heterocycles. The molecule has 1 atom stereocenters. The zero-order chi connectivity index (χ0) is 15.4. The van der Waals surface area contributed by atoms with Gasteiger partial charge in [0, 0.05) is 6.54 Å². The maximum Gasteiger partial charge on any atom is 0.312 e. The Morgan fingerprint density at radius 3 is 2.45 bits per heavy atom. The maximum atomic E-state index is 11.9. The molecule has 0 bridgehead atoms. The molecule has 1 unspecified atom stereocenters. The van der Waals surface area contributed by atoms with Gasteiger partial charge >= 0.3 is 5.69 Å². The highest BCUT2D eigenvalue weighted by molar-refractivity contribution is 5.78. The van der Waals surface area contributed by atoms with E-state index in [2.05, 4.69) is 10.4 Å². The van der Waals surface area contributed by atoms with Crippen molar-refractivity contribution in [2.24, 2.45) is 11.8 Å². The lowest BCUT2D eigenvalue weighted by molar-refractivity contribution is -0.386. The van der Waals surface area contributed by atoms with Gasteiger partial charge in [-0.1, -0.05) is 20.8 Å². The van der Waals surface area contributed by atoms with Crippen LogP contribution in [0.4, 0.5) is 5.69 Å². The highest BCUT2D eigenvalue weighted by Crippen LogP contribution is 2.22. The first-order chi connectivity index (χ1) is 9.23. The number of nitrogens with zero attached hydrogens (tertiary/aromatic N) is 3. The standard InChI is InChI=1S/C13H22N4O3/c1-8(2)6-14-13(18)9(3)7-16-11(5)12(17(19)20)10(4)15-16/h8-9H,6-7H2,1-5H3,(H,14,18). The largest absolute Gasteiger partial charge is 0.356 e. The molecule has 7 nitrogen and oxygen atoms in total. The number of rotatable bonds is 6. The third-order valence-corrected chi connectivity index (χ3v) is 3.10. The Hall–Kier alpha value is -1.92. The monoisotopic (exact) mass is 282 g/mol. The fraction of sp³-hybridized carbons (Fsp3) is 0.692. The molecule has 0 spiro atoms. The van der Waals surface area contributed by atoms with Crippen LogP contribution in [0.1, 0.15) is 32.2 Å². The SMILES string of the molecule is Cc1nn(CC(C)C(=O)NCC(C)C)c(C)c1[N+](=O)[O-]. The molecule has 0 aliphatic carbocycles. The molecule has 0 fully saturated rings. The summed E-state index contributed by atoms with van der Waals surface area (Å²) in [4.78, 5) is 22.4. The minimum atomic E-state index is -0.433. The second kappa shape index (κ2) is 6.49. The number of hydrogen-bond donors (Lipinski definition) is 1. The van der Waals surface area contributed by atoms with Gasteiger partial charge in [0.1, 0.15) is 11.4 Å². The lowest BCUT2D eigenvalue weighted by atomic mass is 10.1. The van der Waals surface area contributed by atoms with Crippen LogP contribution in [0.5, 0.6) is 0 Å². The normalized spacial score (nSPS) is 12.5. The lowest BCUT2D eigenvalue weighted by Crippen LogP contribution is -2.34. The number of nitro groups is 1. The number of aryl methyl sites for hydroxylation is 1. The molecule has 0 aliphatic rings. The van der Waals surface area contributed by atoms with Crippen LogP contribution in [-0.4, -0.2) is 27.2 Å². The predicted molar refractivity (Wildman–Crippen MR) is 75.4 cm³/mol. The second-order valence-electron chi connectivity index (χ2n) is 5.50. The molecular weight excluding hydrogens is 260 g/mol. The second-order valence-corrected chi connectivity index (χ2v) is 5.50. The van der Waals surface area contributed by atoms with Crippen LogP contribution in [0.3, 0.4) is 0 Å². The van der Waals surface area contributed by atoms with Crippen LogP contribution in [0.15, 0.2) is 0 Å². The number of carbonyl (C=O) groups is 1. The topological polar surface area (TPSA) is 90.1 Å². The summed E-state index contributed by atoms with van der Waals surface area (Å²) < 4.78 is 1.53. The molecule has 112 valence electrons. The minimum absolute atomic E-state index is 0.0276. The summed E-state index contributed by atoms with van der Waals surface area (Å²) in [5, 5.41) is 17.9. The first-order valence-corrected chi connectivity index (χ1v) is 6.70. The Morgan fingerprint density at radius 1 is 1.40 bits per heavy atom. The summed E-state index contributed by atoms with van der Waals surface area (Å²) in [7, 11) is 0. The number of aromatic nitrogens is 2. The van der Waals surface area contributed by atoms with Gasteiger partial charge in [-0.3, -0.25) is 19.6 Å². The summed E-state index contributed by atoms with van der Waals surface area (Å²) in [6.45, 7) is 10.1. The summed E-state index contributed by atoms with van der Waals surface area (Å²) in [6.07, 6.45) is 0. The maximum absolute atomic E-state index is 11.9. The smallest absolute Gasteiger partial charge is 0.312 e. The number of amides is 1. The van der Waals surface area contributed by atoms with Crippen molar-refractivity contribution < 1.29 is 9.72 Å². The number of nitrogens with one attached hydrogen (secondary N) is 1. The van der Waals surface area contributed by atoms with Gasteiger partial charge in [0.05, 0.1) is 17.4 Å². The number of hydrogen-bond acceptors (Lipinski definition) is 4. The van der Waals surface area contributed by atoms with Crippen molar-refractivity contribution in [3.63, 3.8) is 0 Å². The first kappa shape index (κ1) is 16.1. The van der Waals surface area contributed by atoms with Crippen molar-refractivity contribution in [1.29, 1.82) is 0 Å². The molecular formula is C13H22N4O3. The van der Waals surface area contributed by atoms with E-state index in [0.717, 1.165) is 0 Å². The van der Waals surface area contributed by atoms with Gasteiger partial charge in [0.15, 0.2) is 0 Å². The van der Waals surface area contributed by atoms with Crippen molar-refractivity contribution >= 4 is 11.6 Å². The van der Waals surface area contributed by atoms with Gasteiger partial charge < -0.3 is 5.32 Å². The molecule has 20 heavy (non-hydrogen) atoms. The predicted octanol–water partition coefficient (Wildman–Crippen LogP) is 1.82. The highest BCUT2D eigenvalue weighted by atomic mass is 16.6. The Morgan fingerprint density at radius 2 is 2.00 bits per heavy atom. The van der Waals surface area contributed by atoms with Gasteiger partial charge in [-0.25, -0.2) is 0 Å². The van der Waals surface area contributed by atoms with E-state index in [9.17, 15) is 14.9 Å². The molecule has 1 rings (SSSR count). The molecule has 0 aromatic carbocycles. The van der Waals surface area contributed by atoms with Crippen molar-refractivity contribution in [2.75, 3.05) is 6.54 Å². The van der Waals surface area contributed by atoms with Gasteiger partial charge in [0.2, 0.25) is 5.91 Å². The zero-order valence-electron chi connectivity index (χ0n) is 12.6. The van der Waals surface area contributed by atoms with E-state index in [1.165, 1.54) is 4.68 Å². The van der Waals surface area contributed by atoms with Gasteiger partial charge in [-0.2, -0.15) is 5.10 Å². The van der Waals surface area contributed by atoms with E-state index in [4.69, 9.17) is 0 Å². The van der Waals surface area contributed by atoms with Crippen LogP contribution in [0.25, 0.3) is 0 Å². The highest BCUT2D eigenvalue weighted by Gasteiger charge is 2.24. The fourth-order valence-corrected chi connectivity index (χ4v) is 1.95. The van der Waals surface area contributed by atoms with Gasteiger partial charge in [0.25, 0.3) is 0 Å². The van der Waals surface area contributed by atoms with Crippen LogP contribution in [-0.2, 0) is 11.3 Å². The van der Waals surface area contributed by atoms with Crippen LogP contribution < -0.4 is 5.32 Å². The molecule has 0 aliphatic heterocycles. The molecule has 0 radical (unpaired) electrons. The van der Waals surface area contributed by atoms with Crippen LogP contribution >= 0.6 is 0 Å². The first-order valence-electron chi connectivity index (χ1n) is 6.70. The Balaban J connectivity index is 2.76. The van der Waals surface area contributed by atoms with Crippen molar-refractivity contribution in [1.82, 2.24) is 15.1 Å². The molecule has 1 aromatic rings. The van der Waals surface area contributed by atoms with Gasteiger partial charge in [-0.15, -0.1) is 0 Å². The quantitative estimate of drug-likeness (QED) is 0.636. The molecule has 7 heteroatoms. The van der Waals surface area contributed by atoms with E-state index >= 15 is 0 Å². The minimum Gasteiger partial charge on any atom is -0.356 e. The van der Waals surface area contributed by atoms with Crippen molar-refractivity contribution in [3.05, 3.63) is 21.5 Å². The average molecular weight is 282 g/mol. The van der Waals surface area contributed by atoms with E-state index in [-0.39, 0.29) is 17.5 Å². The molecule has 1 N–H and O–H groups in total. The van der Waals surface area contributed by atoms with Crippen molar-refractivity contribution in [2.45, 2.75) is 41.2 Å². The van der Waals surface area contributed by atoms with Crippen molar-refractivity contribution in [3.8, 4) is 0 Å². The van der Waals surface area contributed by atoms with Crippen LogP contribution in [0, 0.1) is 35.8 Å². The molecule has 1 aromatic heterocycles. The summed E-state index contributed by atoms with van der Waals surface area (Å²) >= 11 is 0. The lowest BCUT2D eigenvalue weighted by Gasteiger charge is -2.14. The van der Waals surface area contributed by atoms with E-state index < -0.39 is 4.92 Å². The Labute approximate surface area is 118 Å². The average Bonchev–Trinajstić information content (AvgIpc) is 2.61. The molecule has 0 saturated heterocycles. The molecule has 0 saturated carbocycles. The zero-order valence-corrected chi connectivity index (χ0v) is 12.6. The van der Waals surface area contributed by atoms with E-state index in [0.29, 0.717) is 30.4 Å². The summed E-state index contributed by atoms with van der Waals surface area (Å²) in [5.41, 5.74) is 0.887. The Bertz CT molecular complexity index is 508. The van der Waals surface area contributed by atoms with Crippen LogP contribution in [0.2, 0.25) is 0 Å². The van der Waals surface area contributed by atoms with E-state index in [1.54, 1.807) is 20.8 Å². The number of carbonyl (C=O) groups excluding carboxylic acids is 1. The fourth-order valence-electron chi connectivity index (χ4n) is 1.95. The third kappa shape index (κ3) is 3.79. The summed E-state index contributed by atoms with van der Waals surface area (Å²) in [6, 6.07) is 0. The molecule has 1 amide bonds. The third-order valence-electron chi connectivity index (χ3n) is 3.10.